The van der Waals surface area contributed by atoms with Gasteiger partial charge in [0.05, 0.1) is 5.69 Å². The number of nitrogens with one attached hydrogen (secondary N) is 1. The molecular formula is C16H18FN3O3. The summed E-state index contributed by atoms with van der Waals surface area (Å²) in [5.74, 6) is -0.754. The van der Waals surface area contributed by atoms with Crippen LogP contribution in [0.15, 0.2) is 18.2 Å². The summed E-state index contributed by atoms with van der Waals surface area (Å²) >= 11 is 0. The first-order chi connectivity index (χ1) is 11.1. The van der Waals surface area contributed by atoms with Crippen LogP contribution in [0.4, 0.5) is 20.6 Å². The maximum Gasteiger partial charge on any atom is 0.328 e. The molecule has 122 valence electrons. The van der Waals surface area contributed by atoms with Crippen molar-refractivity contribution in [2.75, 3.05) is 29.4 Å². The zero-order chi connectivity index (χ0) is 16.4. The molecule has 0 atom stereocenters. The van der Waals surface area contributed by atoms with Crippen LogP contribution in [0, 0.1) is 11.7 Å². The Morgan fingerprint density at radius 3 is 2.52 bits per heavy atom. The van der Waals surface area contributed by atoms with E-state index in [2.05, 4.69) is 5.32 Å². The van der Waals surface area contributed by atoms with E-state index in [9.17, 15) is 18.8 Å². The molecule has 2 aliphatic heterocycles. The summed E-state index contributed by atoms with van der Waals surface area (Å²) in [4.78, 5) is 37.0. The first kappa shape index (κ1) is 15.5. The van der Waals surface area contributed by atoms with E-state index in [0.29, 0.717) is 13.1 Å². The number of hydrogen-bond acceptors (Lipinski definition) is 4. The fraction of sp³-hybridized carbons (Fsp3) is 0.438. The van der Waals surface area contributed by atoms with Crippen molar-refractivity contribution in [2.24, 2.45) is 5.92 Å². The molecule has 3 rings (SSSR count). The molecule has 2 fully saturated rings. The van der Waals surface area contributed by atoms with E-state index < -0.39 is 11.8 Å². The van der Waals surface area contributed by atoms with Crippen molar-refractivity contribution >= 4 is 29.6 Å². The highest BCUT2D eigenvalue weighted by molar-refractivity contribution is 6.05. The van der Waals surface area contributed by atoms with Crippen LogP contribution in [0.2, 0.25) is 0 Å². The fourth-order valence-corrected chi connectivity index (χ4v) is 3.00. The summed E-state index contributed by atoms with van der Waals surface area (Å²) in [6.45, 7) is 1.59. The van der Waals surface area contributed by atoms with Crippen molar-refractivity contribution in [3.63, 3.8) is 0 Å². The predicted molar refractivity (Wildman–Crippen MR) is 82.9 cm³/mol. The van der Waals surface area contributed by atoms with Gasteiger partial charge in [0.1, 0.15) is 12.1 Å². The quantitative estimate of drug-likeness (QED) is 0.861. The van der Waals surface area contributed by atoms with Crippen LogP contribution in [-0.4, -0.2) is 37.9 Å². The molecule has 0 unspecified atom stereocenters. The molecule has 0 aromatic heterocycles. The minimum atomic E-state index is -0.598. The summed E-state index contributed by atoms with van der Waals surface area (Å²) in [5.41, 5.74) is 0.908. The van der Waals surface area contributed by atoms with Crippen LogP contribution in [0.25, 0.3) is 0 Å². The highest BCUT2D eigenvalue weighted by atomic mass is 19.1. The minimum Gasteiger partial charge on any atom is -0.371 e. The number of urea groups is 1. The van der Waals surface area contributed by atoms with Gasteiger partial charge >= 0.3 is 6.03 Å². The highest BCUT2D eigenvalue weighted by Gasteiger charge is 2.27. The zero-order valence-corrected chi connectivity index (χ0v) is 12.6. The number of piperidine rings is 1. The summed E-state index contributed by atoms with van der Waals surface area (Å²) in [7, 11) is 0. The molecule has 1 aromatic carbocycles. The maximum absolute atomic E-state index is 14.4. The fourth-order valence-electron chi connectivity index (χ4n) is 3.00. The van der Waals surface area contributed by atoms with Crippen LogP contribution in [0.5, 0.6) is 0 Å². The van der Waals surface area contributed by atoms with E-state index in [1.54, 1.807) is 12.1 Å². The number of hydrogen-bond donors (Lipinski definition) is 1. The molecular weight excluding hydrogens is 301 g/mol. The molecule has 6 nitrogen and oxygen atoms in total. The third-order valence-electron chi connectivity index (χ3n) is 4.37. The average Bonchev–Trinajstić information content (AvgIpc) is 2.55. The lowest BCUT2D eigenvalue weighted by atomic mass is 9.98. The Labute approximate surface area is 133 Å². The van der Waals surface area contributed by atoms with Gasteiger partial charge in [-0.15, -0.1) is 0 Å². The van der Waals surface area contributed by atoms with Gasteiger partial charge in [-0.05, 0) is 31.0 Å². The standard InChI is InChI=1S/C16H18FN3O3/c17-13-9-12(19-6-3-11(10-21)4-7-19)1-2-14(13)20-8-5-15(22)18-16(20)23/h1-2,9-11H,3-8H2,(H,18,22,23). The minimum absolute atomic E-state index is 0.0879. The number of benzene rings is 1. The van der Waals surface area contributed by atoms with Crippen molar-refractivity contribution < 1.29 is 18.8 Å². The van der Waals surface area contributed by atoms with Crippen LogP contribution in [0.1, 0.15) is 19.3 Å². The predicted octanol–water partition coefficient (Wildman–Crippen LogP) is 1.69. The molecule has 1 aromatic rings. The maximum atomic E-state index is 14.4. The van der Waals surface area contributed by atoms with Gasteiger partial charge < -0.3 is 9.69 Å². The Morgan fingerprint density at radius 1 is 1.17 bits per heavy atom. The van der Waals surface area contributed by atoms with E-state index in [-0.39, 0.29) is 30.5 Å². The van der Waals surface area contributed by atoms with E-state index >= 15 is 0 Å². The lowest BCUT2D eigenvalue weighted by Crippen LogP contribution is -2.49. The van der Waals surface area contributed by atoms with Gasteiger partial charge in [-0.2, -0.15) is 0 Å². The second-order valence-corrected chi connectivity index (χ2v) is 5.85. The number of nitrogens with zero attached hydrogens (tertiary/aromatic N) is 2. The topological polar surface area (TPSA) is 69.7 Å². The molecule has 0 radical (unpaired) electrons. The highest BCUT2D eigenvalue weighted by Crippen LogP contribution is 2.28. The van der Waals surface area contributed by atoms with Gasteiger partial charge in [-0.25, -0.2) is 9.18 Å². The van der Waals surface area contributed by atoms with Gasteiger partial charge in [0.2, 0.25) is 5.91 Å². The Bertz CT molecular complexity index is 641. The van der Waals surface area contributed by atoms with Crippen LogP contribution in [-0.2, 0) is 9.59 Å². The number of amides is 3. The molecule has 3 amide bonds. The van der Waals surface area contributed by atoms with Crippen molar-refractivity contribution in [2.45, 2.75) is 19.3 Å². The smallest absolute Gasteiger partial charge is 0.328 e. The number of carbonyl (C=O) groups is 3. The summed E-state index contributed by atoms with van der Waals surface area (Å²) in [6.07, 6.45) is 2.68. The van der Waals surface area contributed by atoms with E-state index in [1.807, 2.05) is 4.90 Å². The number of imide groups is 1. The lowest BCUT2D eigenvalue weighted by molar-refractivity contribution is -0.120. The molecule has 0 aliphatic carbocycles. The van der Waals surface area contributed by atoms with Crippen LogP contribution >= 0.6 is 0 Å². The molecule has 2 saturated heterocycles. The zero-order valence-electron chi connectivity index (χ0n) is 12.6. The van der Waals surface area contributed by atoms with Gasteiger partial charge in [-0.1, -0.05) is 0 Å². The molecule has 23 heavy (non-hydrogen) atoms. The number of aldehydes is 1. The molecule has 1 N–H and O–H groups in total. The number of halogens is 1. The van der Waals surface area contributed by atoms with Crippen LogP contribution in [0.3, 0.4) is 0 Å². The number of carbonyl (C=O) groups excluding carboxylic acids is 3. The van der Waals surface area contributed by atoms with Crippen molar-refractivity contribution in [3.8, 4) is 0 Å². The number of anilines is 2. The lowest BCUT2D eigenvalue weighted by Gasteiger charge is -2.32. The van der Waals surface area contributed by atoms with Crippen molar-refractivity contribution in [1.82, 2.24) is 5.32 Å². The third kappa shape index (κ3) is 3.18. The largest absolute Gasteiger partial charge is 0.371 e. The second kappa shape index (κ2) is 6.36. The summed E-state index contributed by atoms with van der Waals surface area (Å²) in [5, 5.41) is 2.18. The van der Waals surface area contributed by atoms with Gasteiger partial charge in [-0.3, -0.25) is 15.0 Å². The molecule has 0 spiro atoms. The third-order valence-corrected chi connectivity index (χ3v) is 4.37. The monoisotopic (exact) mass is 319 g/mol. The van der Waals surface area contributed by atoms with Gasteiger partial charge in [0.15, 0.2) is 0 Å². The first-order valence-corrected chi connectivity index (χ1v) is 7.69. The van der Waals surface area contributed by atoms with Crippen molar-refractivity contribution in [1.29, 1.82) is 0 Å². The Morgan fingerprint density at radius 2 is 1.91 bits per heavy atom. The average molecular weight is 319 g/mol. The van der Waals surface area contributed by atoms with E-state index in [4.69, 9.17) is 0 Å². The Balaban J connectivity index is 1.75. The molecule has 2 aliphatic rings. The second-order valence-electron chi connectivity index (χ2n) is 5.85. The summed E-state index contributed by atoms with van der Waals surface area (Å²) < 4.78 is 14.4. The van der Waals surface area contributed by atoms with Gasteiger partial charge in [0.25, 0.3) is 0 Å². The molecule has 0 saturated carbocycles. The van der Waals surface area contributed by atoms with Crippen molar-refractivity contribution in [3.05, 3.63) is 24.0 Å². The normalized spacial score (nSPS) is 19.7. The van der Waals surface area contributed by atoms with E-state index in [1.165, 1.54) is 11.0 Å². The summed E-state index contributed by atoms with van der Waals surface area (Å²) in [6, 6.07) is 4.13. The SMILES string of the molecule is O=CC1CCN(c2ccc(N3CCC(=O)NC3=O)c(F)c2)CC1. The Kier molecular flexibility index (Phi) is 4.27. The molecule has 0 bridgehead atoms. The molecule has 2 heterocycles. The number of rotatable bonds is 3. The van der Waals surface area contributed by atoms with Gasteiger partial charge in [0, 0.05) is 37.7 Å². The van der Waals surface area contributed by atoms with Crippen LogP contribution < -0.4 is 15.1 Å². The van der Waals surface area contributed by atoms with E-state index in [0.717, 1.165) is 24.8 Å². The first-order valence-electron chi connectivity index (χ1n) is 7.69. The molecule has 7 heteroatoms. The Hall–Kier alpha value is -2.44.